The molecule has 6 nitrogen and oxygen atoms in total. The Morgan fingerprint density at radius 2 is 2.00 bits per heavy atom. The van der Waals surface area contributed by atoms with Crippen LogP contribution in [0, 0.1) is 5.41 Å². The summed E-state index contributed by atoms with van der Waals surface area (Å²) in [6.45, 7) is 0.402. The number of halogens is 1. The van der Waals surface area contributed by atoms with Crippen LogP contribution in [0.5, 0.6) is 5.75 Å². The van der Waals surface area contributed by atoms with Crippen LogP contribution >= 0.6 is 23.4 Å². The van der Waals surface area contributed by atoms with Gasteiger partial charge in [0, 0.05) is 24.4 Å². The molecule has 2 fully saturated rings. The molecule has 4 rings (SSSR count). The minimum Gasteiger partial charge on any atom is -0.497 e. The lowest BCUT2D eigenvalue weighted by atomic mass is 9.89. The number of hydrogen-bond donors (Lipinski definition) is 0. The molecule has 1 amide bonds. The Bertz CT molecular complexity index is 969. The number of esters is 1. The largest absolute Gasteiger partial charge is 0.497 e. The number of alkyl halides is 1. The second-order valence-electron chi connectivity index (χ2n) is 7.64. The first kappa shape index (κ1) is 21.7. The van der Waals surface area contributed by atoms with E-state index in [0.717, 1.165) is 16.9 Å². The zero-order valence-electron chi connectivity index (χ0n) is 17.1. The highest BCUT2D eigenvalue weighted by molar-refractivity contribution is 8.00. The number of aliphatic imine (C=N–C) groups is 1. The molecule has 0 radical (unpaired) electrons. The second-order valence-corrected chi connectivity index (χ2v) is 9.01. The van der Waals surface area contributed by atoms with E-state index in [1.54, 1.807) is 18.2 Å². The zero-order chi connectivity index (χ0) is 21.8. The fraction of sp³-hybridized carbons (Fsp3) is 0.348. The number of β-lactam (4-membered cyclic amide) rings is 1. The summed E-state index contributed by atoms with van der Waals surface area (Å²) < 4.78 is 10.7. The van der Waals surface area contributed by atoms with E-state index in [0.29, 0.717) is 5.75 Å². The molecule has 2 heterocycles. The van der Waals surface area contributed by atoms with Crippen LogP contribution in [0.2, 0.25) is 0 Å². The molecule has 2 aromatic rings. The molecule has 2 unspecified atom stereocenters. The summed E-state index contributed by atoms with van der Waals surface area (Å²) in [5.41, 5.74) is 0.890. The Labute approximate surface area is 190 Å². The highest BCUT2D eigenvalue weighted by Crippen LogP contribution is 2.44. The molecule has 2 aliphatic rings. The van der Waals surface area contributed by atoms with Crippen molar-refractivity contribution in [1.82, 2.24) is 4.90 Å². The van der Waals surface area contributed by atoms with Crippen LogP contribution in [-0.4, -0.2) is 59.7 Å². The lowest BCUT2D eigenvalue weighted by Crippen LogP contribution is -2.69. The van der Waals surface area contributed by atoms with E-state index in [4.69, 9.17) is 21.1 Å². The number of rotatable bonds is 7. The standard InChI is InChI=1S/C23H23ClN2O4S/c1-29-18-9-7-17(8-10-18)12-30-22(28)23(13-24)14-26-20(27)19(21(26)31-15-23)25-11-16-5-3-2-4-6-16/h2-11,19,21H,12-15H2,1H3/t19?,21-,23?/m1/s1. The smallest absolute Gasteiger partial charge is 0.316 e. The molecule has 0 aromatic heterocycles. The molecule has 31 heavy (non-hydrogen) atoms. The Hall–Kier alpha value is -2.51. The predicted molar refractivity (Wildman–Crippen MR) is 122 cm³/mol. The molecular weight excluding hydrogens is 436 g/mol. The van der Waals surface area contributed by atoms with Crippen molar-refractivity contribution in [3.05, 3.63) is 65.7 Å². The maximum Gasteiger partial charge on any atom is 0.316 e. The number of carbonyl (C=O) groups excluding carboxylic acids is 2. The zero-order valence-corrected chi connectivity index (χ0v) is 18.6. The van der Waals surface area contributed by atoms with Gasteiger partial charge in [-0.25, -0.2) is 0 Å². The Balaban J connectivity index is 1.37. The molecule has 2 saturated heterocycles. The number of carbonyl (C=O) groups is 2. The molecule has 0 saturated carbocycles. The highest BCUT2D eigenvalue weighted by atomic mass is 35.5. The summed E-state index contributed by atoms with van der Waals surface area (Å²) in [6, 6.07) is 16.6. The Morgan fingerprint density at radius 1 is 1.26 bits per heavy atom. The van der Waals surface area contributed by atoms with E-state index in [9.17, 15) is 9.59 Å². The van der Waals surface area contributed by atoms with Crippen LogP contribution in [0.25, 0.3) is 0 Å². The van der Waals surface area contributed by atoms with Crippen LogP contribution in [0.1, 0.15) is 11.1 Å². The van der Waals surface area contributed by atoms with E-state index in [1.165, 1.54) is 11.8 Å². The Morgan fingerprint density at radius 3 is 2.68 bits per heavy atom. The first-order chi connectivity index (χ1) is 15.1. The van der Waals surface area contributed by atoms with Crippen LogP contribution in [0.3, 0.4) is 0 Å². The molecule has 0 spiro atoms. The Kier molecular flexibility index (Phi) is 6.53. The van der Waals surface area contributed by atoms with Gasteiger partial charge in [-0.1, -0.05) is 42.5 Å². The van der Waals surface area contributed by atoms with Crippen LogP contribution in [0.4, 0.5) is 0 Å². The van der Waals surface area contributed by atoms with Crippen molar-refractivity contribution >= 4 is 41.5 Å². The lowest BCUT2D eigenvalue weighted by Gasteiger charge is -2.52. The number of ether oxygens (including phenoxy) is 2. The highest BCUT2D eigenvalue weighted by Gasteiger charge is 2.57. The summed E-state index contributed by atoms with van der Waals surface area (Å²) in [4.78, 5) is 31.8. The number of nitrogens with zero attached hydrogens (tertiary/aromatic N) is 2. The molecule has 2 aliphatic heterocycles. The number of methoxy groups -OCH3 is 1. The molecule has 0 aliphatic carbocycles. The van der Waals surface area contributed by atoms with Gasteiger partial charge in [0.25, 0.3) is 5.91 Å². The van der Waals surface area contributed by atoms with Gasteiger partial charge in [0.15, 0.2) is 6.04 Å². The summed E-state index contributed by atoms with van der Waals surface area (Å²) in [6.07, 6.45) is 1.73. The van der Waals surface area contributed by atoms with Crippen LogP contribution in [0.15, 0.2) is 59.6 Å². The molecule has 3 atom stereocenters. The van der Waals surface area contributed by atoms with Gasteiger partial charge >= 0.3 is 5.97 Å². The number of amides is 1. The fourth-order valence-electron chi connectivity index (χ4n) is 3.60. The van der Waals surface area contributed by atoms with E-state index in [-0.39, 0.29) is 36.3 Å². The van der Waals surface area contributed by atoms with E-state index < -0.39 is 11.5 Å². The molecular formula is C23H23ClN2O4S. The summed E-state index contributed by atoms with van der Waals surface area (Å²) >= 11 is 7.75. The normalized spacial score (nSPS) is 25.1. The van der Waals surface area contributed by atoms with Gasteiger partial charge in [0.05, 0.1) is 7.11 Å². The SMILES string of the molecule is COc1ccc(COC(=O)C2(CCl)CS[C@@H]3C(N=Cc4ccccc4)C(=O)N3C2)cc1. The number of hydrogen-bond acceptors (Lipinski definition) is 6. The van der Waals surface area contributed by atoms with Gasteiger partial charge in [-0.05, 0) is 23.3 Å². The summed E-state index contributed by atoms with van der Waals surface area (Å²) in [5, 5.41) is -0.0711. The molecule has 162 valence electrons. The van der Waals surface area contributed by atoms with E-state index in [1.807, 2.05) is 54.6 Å². The topological polar surface area (TPSA) is 68.2 Å². The average molecular weight is 459 g/mol. The number of benzene rings is 2. The van der Waals surface area contributed by atoms with Crippen molar-refractivity contribution in [3.63, 3.8) is 0 Å². The van der Waals surface area contributed by atoms with Crippen molar-refractivity contribution in [1.29, 1.82) is 0 Å². The third kappa shape index (κ3) is 4.43. The van der Waals surface area contributed by atoms with Crippen molar-refractivity contribution in [2.24, 2.45) is 10.4 Å². The maximum atomic E-state index is 12.9. The van der Waals surface area contributed by atoms with Gasteiger partial charge in [-0.2, -0.15) is 0 Å². The van der Waals surface area contributed by atoms with Crippen LogP contribution < -0.4 is 4.74 Å². The van der Waals surface area contributed by atoms with Gasteiger partial charge in [0.1, 0.15) is 23.1 Å². The molecule has 0 N–H and O–H groups in total. The minimum absolute atomic E-state index is 0.0711. The second kappa shape index (κ2) is 9.32. The van der Waals surface area contributed by atoms with Crippen molar-refractivity contribution in [2.45, 2.75) is 18.0 Å². The summed E-state index contributed by atoms with van der Waals surface area (Å²) in [7, 11) is 1.60. The monoisotopic (exact) mass is 458 g/mol. The van der Waals surface area contributed by atoms with E-state index >= 15 is 0 Å². The van der Waals surface area contributed by atoms with Crippen molar-refractivity contribution < 1.29 is 19.1 Å². The fourth-order valence-corrected chi connectivity index (χ4v) is 5.53. The first-order valence-electron chi connectivity index (χ1n) is 9.93. The van der Waals surface area contributed by atoms with Gasteiger partial charge < -0.3 is 14.4 Å². The number of fused-ring (bicyclic) bond motifs is 1. The van der Waals surface area contributed by atoms with Gasteiger partial charge in [0.2, 0.25) is 0 Å². The number of thioether (sulfide) groups is 1. The van der Waals surface area contributed by atoms with Crippen LogP contribution in [-0.2, 0) is 20.9 Å². The average Bonchev–Trinajstić information content (AvgIpc) is 2.83. The molecule has 0 bridgehead atoms. The maximum absolute atomic E-state index is 12.9. The quantitative estimate of drug-likeness (QED) is 0.275. The predicted octanol–water partition coefficient (Wildman–Crippen LogP) is 3.37. The minimum atomic E-state index is -0.918. The van der Waals surface area contributed by atoms with Crippen molar-refractivity contribution in [2.75, 3.05) is 25.3 Å². The van der Waals surface area contributed by atoms with Gasteiger partial charge in [-0.15, -0.1) is 23.4 Å². The van der Waals surface area contributed by atoms with Crippen molar-refractivity contribution in [3.8, 4) is 5.75 Å². The third-order valence-corrected chi connectivity index (χ3v) is 7.60. The molecule has 2 aromatic carbocycles. The third-order valence-electron chi connectivity index (χ3n) is 5.52. The van der Waals surface area contributed by atoms with Gasteiger partial charge in [-0.3, -0.25) is 14.6 Å². The first-order valence-corrected chi connectivity index (χ1v) is 11.5. The van der Waals surface area contributed by atoms with E-state index in [2.05, 4.69) is 4.99 Å². The molecule has 8 heteroatoms. The lowest BCUT2D eigenvalue weighted by molar-refractivity contribution is -0.160. The summed E-state index contributed by atoms with van der Waals surface area (Å²) in [5.74, 6) is 0.859.